The number of carbonyl (C=O) groups is 1. The first-order chi connectivity index (χ1) is 13.4. The van der Waals surface area contributed by atoms with Crippen LogP contribution in [0.15, 0.2) is 46.0 Å². The lowest BCUT2D eigenvalue weighted by atomic mass is 10.1. The van der Waals surface area contributed by atoms with Gasteiger partial charge in [-0.25, -0.2) is 9.97 Å². The van der Waals surface area contributed by atoms with Crippen molar-refractivity contribution < 1.29 is 13.9 Å². The Kier molecular flexibility index (Phi) is 6.26. The van der Waals surface area contributed by atoms with E-state index < -0.39 is 0 Å². The van der Waals surface area contributed by atoms with Crippen LogP contribution < -0.4 is 4.74 Å². The first kappa shape index (κ1) is 20.2. The fourth-order valence-corrected chi connectivity index (χ4v) is 3.66. The lowest BCUT2D eigenvalue weighted by Gasteiger charge is -2.21. The topological polar surface area (TPSA) is 68.5 Å². The number of halogens is 1. The number of benzene rings is 1. The monoisotopic (exact) mass is 417 g/mol. The van der Waals surface area contributed by atoms with Gasteiger partial charge in [0.1, 0.15) is 10.8 Å². The summed E-state index contributed by atoms with van der Waals surface area (Å²) in [6.45, 7) is 2.14. The molecule has 0 saturated carbocycles. The third-order valence-electron chi connectivity index (χ3n) is 4.20. The van der Waals surface area contributed by atoms with Crippen LogP contribution in [0.25, 0.3) is 11.6 Å². The minimum Gasteiger partial charge on any atom is -0.496 e. The average molecular weight is 418 g/mol. The SMILES string of the molecule is COc1ccc(Cl)cc1CN(C)C(=O)c1c(C)nc(-c2ccco2)nc1SC. The van der Waals surface area contributed by atoms with Crippen molar-refractivity contribution in [2.75, 3.05) is 20.4 Å². The Morgan fingerprint density at radius 3 is 2.75 bits per heavy atom. The van der Waals surface area contributed by atoms with Crippen molar-refractivity contribution in [3.63, 3.8) is 0 Å². The highest BCUT2D eigenvalue weighted by Crippen LogP contribution is 2.28. The Hall–Kier alpha value is -2.51. The quantitative estimate of drug-likeness (QED) is 0.427. The lowest BCUT2D eigenvalue weighted by Crippen LogP contribution is -2.28. The molecule has 0 N–H and O–H groups in total. The number of amides is 1. The second-order valence-electron chi connectivity index (χ2n) is 6.11. The fraction of sp³-hybridized carbons (Fsp3) is 0.250. The van der Waals surface area contributed by atoms with Gasteiger partial charge < -0.3 is 14.1 Å². The number of methoxy groups -OCH3 is 1. The molecule has 146 valence electrons. The molecule has 0 aliphatic carbocycles. The number of carbonyl (C=O) groups excluding carboxylic acids is 1. The van der Waals surface area contributed by atoms with Gasteiger partial charge in [0.05, 0.1) is 24.6 Å². The molecular formula is C20H20ClN3O3S. The maximum Gasteiger partial charge on any atom is 0.258 e. The highest BCUT2D eigenvalue weighted by Gasteiger charge is 2.23. The van der Waals surface area contributed by atoms with E-state index in [1.807, 2.05) is 6.26 Å². The van der Waals surface area contributed by atoms with Crippen LogP contribution in [0.4, 0.5) is 0 Å². The molecule has 2 aromatic heterocycles. The van der Waals surface area contributed by atoms with E-state index in [1.54, 1.807) is 62.6 Å². The van der Waals surface area contributed by atoms with Gasteiger partial charge in [0, 0.05) is 24.2 Å². The van der Waals surface area contributed by atoms with Gasteiger partial charge in [-0.2, -0.15) is 0 Å². The van der Waals surface area contributed by atoms with Crippen molar-refractivity contribution in [1.82, 2.24) is 14.9 Å². The first-order valence-electron chi connectivity index (χ1n) is 8.49. The largest absolute Gasteiger partial charge is 0.496 e. The van der Waals surface area contributed by atoms with Crippen LogP contribution in [0.1, 0.15) is 21.6 Å². The second-order valence-corrected chi connectivity index (χ2v) is 7.34. The first-order valence-corrected chi connectivity index (χ1v) is 10.1. The van der Waals surface area contributed by atoms with Gasteiger partial charge in [-0.15, -0.1) is 11.8 Å². The third kappa shape index (κ3) is 4.15. The molecule has 1 aromatic carbocycles. The Bertz CT molecular complexity index is 993. The van der Waals surface area contributed by atoms with E-state index in [4.69, 9.17) is 20.8 Å². The van der Waals surface area contributed by atoms with E-state index >= 15 is 0 Å². The molecule has 0 bridgehead atoms. The van der Waals surface area contributed by atoms with Gasteiger partial charge in [-0.3, -0.25) is 4.79 Å². The Balaban J connectivity index is 1.92. The van der Waals surface area contributed by atoms with Gasteiger partial charge >= 0.3 is 0 Å². The second kappa shape index (κ2) is 8.67. The highest BCUT2D eigenvalue weighted by molar-refractivity contribution is 7.98. The highest BCUT2D eigenvalue weighted by atomic mass is 35.5. The van der Waals surface area contributed by atoms with Crippen LogP contribution in [0.3, 0.4) is 0 Å². The van der Waals surface area contributed by atoms with Gasteiger partial charge in [0.15, 0.2) is 11.6 Å². The molecule has 0 fully saturated rings. The summed E-state index contributed by atoms with van der Waals surface area (Å²) in [5.41, 5.74) is 1.90. The molecule has 8 heteroatoms. The lowest BCUT2D eigenvalue weighted by molar-refractivity contribution is 0.0778. The number of thioether (sulfide) groups is 1. The number of nitrogens with zero attached hydrogens (tertiary/aromatic N) is 3. The maximum absolute atomic E-state index is 13.2. The summed E-state index contributed by atoms with van der Waals surface area (Å²) in [6, 6.07) is 8.90. The molecule has 0 atom stereocenters. The summed E-state index contributed by atoms with van der Waals surface area (Å²) in [7, 11) is 3.32. The zero-order chi connectivity index (χ0) is 20.3. The zero-order valence-corrected chi connectivity index (χ0v) is 17.6. The van der Waals surface area contributed by atoms with Crippen LogP contribution in [-0.2, 0) is 6.54 Å². The molecule has 2 heterocycles. The summed E-state index contributed by atoms with van der Waals surface area (Å²) in [4.78, 5) is 23.8. The van der Waals surface area contributed by atoms with Crippen LogP contribution >= 0.6 is 23.4 Å². The number of rotatable bonds is 6. The van der Waals surface area contributed by atoms with E-state index in [1.165, 1.54) is 11.8 Å². The van der Waals surface area contributed by atoms with E-state index in [0.29, 0.717) is 45.2 Å². The average Bonchev–Trinajstić information content (AvgIpc) is 3.21. The molecule has 0 spiro atoms. The van der Waals surface area contributed by atoms with Crippen LogP contribution in [0.2, 0.25) is 5.02 Å². The third-order valence-corrected chi connectivity index (χ3v) is 5.12. The minimum atomic E-state index is -0.171. The Morgan fingerprint density at radius 1 is 1.32 bits per heavy atom. The number of hydrogen-bond donors (Lipinski definition) is 0. The summed E-state index contributed by atoms with van der Waals surface area (Å²) >= 11 is 7.50. The van der Waals surface area contributed by atoms with Crippen molar-refractivity contribution in [3.05, 3.63) is 58.4 Å². The molecule has 0 aliphatic heterocycles. The van der Waals surface area contributed by atoms with Gasteiger partial charge in [0.25, 0.3) is 5.91 Å². The van der Waals surface area contributed by atoms with E-state index in [0.717, 1.165) is 5.56 Å². The molecule has 0 unspecified atom stereocenters. The number of ether oxygens (including phenoxy) is 1. The predicted molar refractivity (Wildman–Crippen MR) is 110 cm³/mol. The van der Waals surface area contributed by atoms with Gasteiger partial charge in [-0.1, -0.05) is 11.6 Å². The predicted octanol–water partition coefficient (Wildman–Crippen LogP) is 4.70. The smallest absolute Gasteiger partial charge is 0.258 e. The standard InChI is InChI=1S/C20H20ClN3O3S/c1-12-17(19(28-4)23-18(22-12)16-6-5-9-27-16)20(25)24(2)11-13-10-14(21)7-8-15(13)26-3/h5-10H,11H2,1-4H3. The van der Waals surface area contributed by atoms with Crippen LogP contribution in [0.5, 0.6) is 5.75 Å². The summed E-state index contributed by atoms with van der Waals surface area (Å²) < 4.78 is 10.8. The minimum absolute atomic E-state index is 0.171. The number of aromatic nitrogens is 2. The molecule has 0 radical (unpaired) electrons. The zero-order valence-electron chi connectivity index (χ0n) is 16.0. The maximum atomic E-state index is 13.2. The molecule has 28 heavy (non-hydrogen) atoms. The number of aryl methyl sites for hydroxylation is 1. The Morgan fingerprint density at radius 2 is 2.11 bits per heavy atom. The Labute approximate surface area is 172 Å². The molecular weight excluding hydrogens is 398 g/mol. The van der Waals surface area contributed by atoms with Gasteiger partial charge in [-0.05, 0) is 43.5 Å². The fourth-order valence-electron chi connectivity index (χ4n) is 2.85. The van der Waals surface area contributed by atoms with Crippen molar-refractivity contribution in [1.29, 1.82) is 0 Å². The number of furan rings is 1. The van der Waals surface area contributed by atoms with Crippen molar-refractivity contribution >= 4 is 29.3 Å². The summed E-state index contributed by atoms with van der Waals surface area (Å²) in [5, 5.41) is 1.19. The van der Waals surface area contributed by atoms with Crippen molar-refractivity contribution in [2.24, 2.45) is 0 Å². The van der Waals surface area contributed by atoms with Crippen LogP contribution in [-0.4, -0.2) is 41.2 Å². The molecule has 3 rings (SSSR count). The normalized spacial score (nSPS) is 10.8. The van der Waals surface area contributed by atoms with Crippen molar-refractivity contribution in [3.8, 4) is 17.3 Å². The van der Waals surface area contributed by atoms with E-state index in [2.05, 4.69) is 9.97 Å². The molecule has 1 amide bonds. The number of hydrogen-bond acceptors (Lipinski definition) is 6. The molecule has 0 saturated heterocycles. The van der Waals surface area contributed by atoms with Crippen molar-refractivity contribution in [2.45, 2.75) is 18.5 Å². The summed E-state index contributed by atoms with van der Waals surface area (Å²) in [6.07, 6.45) is 3.45. The molecule has 6 nitrogen and oxygen atoms in total. The van der Waals surface area contributed by atoms with Gasteiger partial charge in [0.2, 0.25) is 0 Å². The molecule has 3 aromatic rings. The summed E-state index contributed by atoms with van der Waals surface area (Å²) in [5.74, 6) is 1.53. The van der Waals surface area contributed by atoms with E-state index in [-0.39, 0.29) is 5.91 Å². The molecule has 0 aliphatic rings. The van der Waals surface area contributed by atoms with Crippen LogP contribution in [0, 0.1) is 6.92 Å². The van der Waals surface area contributed by atoms with E-state index in [9.17, 15) is 4.79 Å².